The molecule has 1 unspecified atom stereocenters. The van der Waals surface area contributed by atoms with Gasteiger partial charge in [0.1, 0.15) is 0 Å². The standard InChI is InChI=1S/C10H24N2O/c1-5-13-7-6-12(4)9-10(2)8-11-3/h10-11H,5-9H2,1-4H3. The highest BCUT2D eigenvalue weighted by molar-refractivity contribution is 4.60. The van der Waals surface area contributed by atoms with Gasteiger partial charge >= 0.3 is 0 Å². The van der Waals surface area contributed by atoms with Gasteiger partial charge in [0.05, 0.1) is 6.61 Å². The fraction of sp³-hybridized carbons (Fsp3) is 1.00. The molecule has 0 radical (unpaired) electrons. The molecule has 3 heteroatoms. The molecule has 0 saturated carbocycles. The molecule has 0 bridgehead atoms. The van der Waals surface area contributed by atoms with E-state index in [0.29, 0.717) is 5.92 Å². The Balaban J connectivity index is 3.32. The second-order valence-electron chi connectivity index (χ2n) is 3.62. The van der Waals surface area contributed by atoms with Crippen molar-refractivity contribution in [3.05, 3.63) is 0 Å². The summed E-state index contributed by atoms with van der Waals surface area (Å²) in [4.78, 5) is 2.32. The molecular weight excluding hydrogens is 164 g/mol. The topological polar surface area (TPSA) is 24.5 Å². The van der Waals surface area contributed by atoms with Crippen LogP contribution in [0.3, 0.4) is 0 Å². The Morgan fingerprint density at radius 1 is 1.46 bits per heavy atom. The van der Waals surface area contributed by atoms with Crippen LogP contribution in [0, 0.1) is 5.92 Å². The molecule has 0 rings (SSSR count). The summed E-state index contributed by atoms with van der Waals surface area (Å²) in [5, 5.41) is 3.18. The van der Waals surface area contributed by atoms with Crippen LogP contribution in [0.1, 0.15) is 13.8 Å². The predicted molar refractivity (Wildman–Crippen MR) is 57.1 cm³/mol. The third-order valence-corrected chi connectivity index (χ3v) is 2.00. The minimum atomic E-state index is 0.705. The number of nitrogens with zero attached hydrogens (tertiary/aromatic N) is 1. The zero-order valence-electron chi connectivity index (χ0n) is 9.47. The van der Waals surface area contributed by atoms with Gasteiger partial charge in [0.15, 0.2) is 0 Å². The number of hydrogen-bond donors (Lipinski definition) is 1. The van der Waals surface area contributed by atoms with E-state index in [1.807, 2.05) is 14.0 Å². The Bertz CT molecular complexity index is 109. The van der Waals surface area contributed by atoms with E-state index in [1.165, 1.54) is 0 Å². The van der Waals surface area contributed by atoms with Crippen LogP contribution >= 0.6 is 0 Å². The third kappa shape index (κ3) is 8.22. The summed E-state index contributed by atoms with van der Waals surface area (Å²) >= 11 is 0. The van der Waals surface area contributed by atoms with Gasteiger partial charge in [-0.05, 0) is 33.5 Å². The normalized spacial score (nSPS) is 13.6. The largest absolute Gasteiger partial charge is 0.380 e. The first-order valence-corrected chi connectivity index (χ1v) is 5.11. The molecule has 80 valence electrons. The van der Waals surface area contributed by atoms with Crippen LogP contribution in [0.15, 0.2) is 0 Å². The summed E-state index contributed by atoms with van der Waals surface area (Å²) < 4.78 is 5.29. The Hall–Kier alpha value is -0.120. The Morgan fingerprint density at radius 3 is 2.69 bits per heavy atom. The lowest BCUT2D eigenvalue weighted by Gasteiger charge is -2.20. The first-order valence-electron chi connectivity index (χ1n) is 5.11. The smallest absolute Gasteiger partial charge is 0.0593 e. The van der Waals surface area contributed by atoms with Gasteiger partial charge in [-0.15, -0.1) is 0 Å². The van der Waals surface area contributed by atoms with Gasteiger partial charge in [-0.25, -0.2) is 0 Å². The van der Waals surface area contributed by atoms with Crippen molar-refractivity contribution in [1.29, 1.82) is 0 Å². The molecule has 0 amide bonds. The van der Waals surface area contributed by atoms with Crippen LogP contribution < -0.4 is 5.32 Å². The number of nitrogens with one attached hydrogen (secondary N) is 1. The van der Waals surface area contributed by atoms with Gasteiger partial charge in [0.25, 0.3) is 0 Å². The Labute approximate surface area is 82.4 Å². The fourth-order valence-electron chi connectivity index (χ4n) is 1.40. The molecule has 0 aromatic carbocycles. The van der Waals surface area contributed by atoms with Crippen molar-refractivity contribution in [3.63, 3.8) is 0 Å². The van der Waals surface area contributed by atoms with Gasteiger partial charge in [0.2, 0.25) is 0 Å². The van der Waals surface area contributed by atoms with Crippen molar-refractivity contribution >= 4 is 0 Å². The maximum Gasteiger partial charge on any atom is 0.0593 e. The zero-order chi connectivity index (χ0) is 10.1. The summed E-state index contributed by atoms with van der Waals surface area (Å²) in [6, 6.07) is 0. The van der Waals surface area contributed by atoms with Gasteiger partial charge < -0.3 is 15.0 Å². The lowest BCUT2D eigenvalue weighted by atomic mass is 10.2. The van der Waals surface area contributed by atoms with Crippen LogP contribution in [0.2, 0.25) is 0 Å². The van der Waals surface area contributed by atoms with Gasteiger partial charge in [-0.1, -0.05) is 6.92 Å². The van der Waals surface area contributed by atoms with Crippen molar-refractivity contribution < 1.29 is 4.74 Å². The van der Waals surface area contributed by atoms with E-state index < -0.39 is 0 Å². The van der Waals surface area contributed by atoms with Crippen molar-refractivity contribution in [1.82, 2.24) is 10.2 Å². The Kier molecular flexibility index (Phi) is 8.40. The van der Waals surface area contributed by atoms with E-state index in [4.69, 9.17) is 4.74 Å². The van der Waals surface area contributed by atoms with E-state index in [0.717, 1.165) is 32.8 Å². The summed E-state index contributed by atoms with van der Waals surface area (Å²) in [5.41, 5.74) is 0. The number of ether oxygens (including phenoxy) is 1. The molecule has 1 N–H and O–H groups in total. The molecule has 0 fully saturated rings. The lowest BCUT2D eigenvalue weighted by molar-refractivity contribution is 0.118. The van der Waals surface area contributed by atoms with Crippen molar-refractivity contribution in [2.45, 2.75) is 13.8 Å². The van der Waals surface area contributed by atoms with Gasteiger partial charge in [-0.2, -0.15) is 0 Å². The molecule has 1 atom stereocenters. The van der Waals surface area contributed by atoms with E-state index in [2.05, 4.69) is 24.2 Å². The monoisotopic (exact) mass is 188 g/mol. The molecule has 0 aromatic heterocycles. The van der Waals surface area contributed by atoms with Crippen molar-refractivity contribution in [3.8, 4) is 0 Å². The number of likely N-dealkylation sites (N-methyl/N-ethyl adjacent to an activating group) is 1. The van der Waals surface area contributed by atoms with Crippen LogP contribution in [-0.2, 0) is 4.74 Å². The molecule has 0 spiro atoms. The van der Waals surface area contributed by atoms with E-state index in [-0.39, 0.29) is 0 Å². The maximum atomic E-state index is 5.29. The van der Waals surface area contributed by atoms with Crippen molar-refractivity contribution in [2.24, 2.45) is 5.92 Å². The molecule has 0 saturated heterocycles. The summed E-state index contributed by atoms with van der Waals surface area (Å²) in [6.07, 6.45) is 0. The summed E-state index contributed by atoms with van der Waals surface area (Å²) in [6.45, 7) is 9.20. The predicted octanol–water partition coefficient (Wildman–Crippen LogP) is 0.810. The number of rotatable bonds is 8. The second-order valence-corrected chi connectivity index (χ2v) is 3.62. The highest BCUT2D eigenvalue weighted by Crippen LogP contribution is 1.95. The first kappa shape index (κ1) is 12.9. The molecule has 0 aliphatic heterocycles. The second kappa shape index (κ2) is 8.48. The average Bonchev–Trinajstić information content (AvgIpc) is 2.05. The van der Waals surface area contributed by atoms with E-state index in [1.54, 1.807) is 0 Å². The first-order chi connectivity index (χ1) is 6.20. The minimum absolute atomic E-state index is 0.705. The van der Waals surface area contributed by atoms with Crippen LogP contribution in [-0.4, -0.2) is 51.8 Å². The van der Waals surface area contributed by atoms with Gasteiger partial charge in [-0.3, -0.25) is 0 Å². The molecule has 13 heavy (non-hydrogen) atoms. The number of hydrogen-bond acceptors (Lipinski definition) is 3. The van der Waals surface area contributed by atoms with Crippen LogP contribution in [0.4, 0.5) is 0 Å². The quantitative estimate of drug-likeness (QED) is 0.571. The SMILES string of the molecule is CCOCCN(C)CC(C)CNC. The average molecular weight is 188 g/mol. The van der Waals surface area contributed by atoms with Gasteiger partial charge in [0, 0.05) is 19.7 Å². The molecule has 0 aliphatic rings. The van der Waals surface area contributed by atoms with Crippen LogP contribution in [0.25, 0.3) is 0 Å². The summed E-state index contributed by atoms with van der Waals surface area (Å²) in [5.74, 6) is 0.705. The maximum absolute atomic E-state index is 5.29. The molecule has 0 aromatic rings. The van der Waals surface area contributed by atoms with Crippen LogP contribution in [0.5, 0.6) is 0 Å². The third-order valence-electron chi connectivity index (χ3n) is 2.00. The molecule has 3 nitrogen and oxygen atoms in total. The molecule has 0 heterocycles. The minimum Gasteiger partial charge on any atom is -0.380 e. The molecular formula is C10H24N2O. The van der Waals surface area contributed by atoms with E-state index in [9.17, 15) is 0 Å². The molecule has 0 aliphatic carbocycles. The highest BCUT2D eigenvalue weighted by Gasteiger charge is 2.04. The highest BCUT2D eigenvalue weighted by atomic mass is 16.5. The fourth-order valence-corrected chi connectivity index (χ4v) is 1.40. The summed E-state index contributed by atoms with van der Waals surface area (Å²) in [7, 11) is 4.14. The zero-order valence-corrected chi connectivity index (χ0v) is 9.47. The van der Waals surface area contributed by atoms with Crippen molar-refractivity contribution in [2.75, 3.05) is 46.9 Å². The lowest BCUT2D eigenvalue weighted by Crippen LogP contribution is -2.31. The Morgan fingerprint density at radius 2 is 2.15 bits per heavy atom. The van der Waals surface area contributed by atoms with E-state index >= 15 is 0 Å².